The highest BCUT2D eigenvalue weighted by atomic mass is 32.2. The summed E-state index contributed by atoms with van der Waals surface area (Å²) in [5, 5.41) is 11.3. The third-order valence-electron chi connectivity index (χ3n) is 2.17. The molecule has 15 heavy (non-hydrogen) atoms. The Kier molecular flexibility index (Phi) is 4.98. The lowest BCUT2D eigenvalue weighted by Crippen LogP contribution is -2.30. The van der Waals surface area contributed by atoms with E-state index in [-0.39, 0.29) is 12.5 Å². The van der Waals surface area contributed by atoms with Crippen molar-refractivity contribution in [2.75, 3.05) is 25.9 Å². The van der Waals surface area contributed by atoms with Crippen molar-refractivity contribution in [3.8, 4) is 6.19 Å². The van der Waals surface area contributed by atoms with Crippen molar-refractivity contribution in [3.05, 3.63) is 0 Å². The zero-order valence-electron chi connectivity index (χ0n) is 8.69. The minimum atomic E-state index is 0.0405. The fourth-order valence-corrected chi connectivity index (χ4v) is 1.75. The van der Waals surface area contributed by atoms with Gasteiger partial charge in [0.15, 0.2) is 11.4 Å². The monoisotopic (exact) mass is 226 g/mol. The summed E-state index contributed by atoms with van der Waals surface area (Å²) in [5.41, 5.74) is 0. The van der Waals surface area contributed by atoms with Crippen molar-refractivity contribution in [1.82, 2.24) is 10.2 Å². The van der Waals surface area contributed by atoms with Crippen LogP contribution in [0.5, 0.6) is 0 Å². The summed E-state index contributed by atoms with van der Waals surface area (Å²) in [6.45, 7) is 1.81. The Morgan fingerprint density at radius 2 is 2.27 bits per heavy atom. The molecule has 0 radical (unpaired) electrons. The van der Waals surface area contributed by atoms with Crippen molar-refractivity contribution < 1.29 is 4.79 Å². The molecule has 1 heterocycles. The van der Waals surface area contributed by atoms with E-state index in [1.165, 1.54) is 11.8 Å². The first kappa shape index (κ1) is 11.9. The zero-order valence-corrected chi connectivity index (χ0v) is 9.51. The number of thioether (sulfide) groups is 1. The van der Waals surface area contributed by atoms with Gasteiger partial charge in [0.2, 0.25) is 5.91 Å². The molecular formula is C9H14N4OS. The first-order valence-electron chi connectivity index (χ1n) is 4.79. The number of hydrogen-bond acceptors (Lipinski definition) is 4. The number of carbonyl (C=O) groups is 1. The van der Waals surface area contributed by atoms with Gasteiger partial charge in [-0.15, -0.1) is 0 Å². The quantitative estimate of drug-likeness (QED) is 0.320. The van der Waals surface area contributed by atoms with Crippen LogP contribution in [0, 0.1) is 11.5 Å². The molecule has 0 aromatic heterocycles. The average Bonchev–Trinajstić information content (AvgIpc) is 2.77. The first-order valence-corrected chi connectivity index (χ1v) is 6.01. The van der Waals surface area contributed by atoms with Crippen molar-refractivity contribution in [3.63, 3.8) is 0 Å². The Balaban J connectivity index is 2.40. The fourth-order valence-electron chi connectivity index (χ4n) is 1.41. The molecule has 0 aromatic rings. The topological polar surface area (TPSA) is 68.5 Å². The summed E-state index contributed by atoms with van der Waals surface area (Å²) in [4.78, 5) is 17.4. The van der Waals surface area contributed by atoms with Gasteiger partial charge in [0.05, 0.1) is 0 Å². The third kappa shape index (κ3) is 3.80. The lowest BCUT2D eigenvalue weighted by molar-refractivity contribution is -0.128. The summed E-state index contributed by atoms with van der Waals surface area (Å²) in [5.74, 6) is 0.0405. The molecule has 82 valence electrons. The van der Waals surface area contributed by atoms with Gasteiger partial charge in [0, 0.05) is 13.1 Å². The largest absolute Gasteiger partial charge is 0.341 e. The molecule has 1 amide bonds. The summed E-state index contributed by atoms with van der Waals surface area (Å²) in [6.07, 6.45) is 5.76. The van der Waals surface area contributed by atoms with Crippen LogP contribution in [0.4, 0.5) is 0 Å². The molecular weight excluding hydrogens is 212 g/mol. The normalized spacial score (nSPS) is 16.3. The Labute approximate surface area is 93.5 Å². The molecule has 0 aromatic carbocycles. The van der Waals surface area contributed by atoms with Crippen LogP contribution in [0.15, 0.2) is 4.99 Å². The van der Waals surface area contributed by atoms with E-state index in [4.69, 9.17) is 5.26 Å². The molecule has 0 saturated carbocycles. The molecule has 0 unspecified atom stereocenters. The Morgan fingerprint density at radius 3 is 2.80 bits per heavy atom. The van der Waals surface area contributed by atoms with Crippen LogP contribution < -0.4 is 5.32 Å². The molecule has 6 heteroatoms. The number of hydrogen-bond donors (Lipinski definition) is 1. The van der Waals surface area contributed by atoms with Gasteiger partial charge in [-0.2, -0.15) is 5.26 Å². The predicted molar refractivity (Wildman–Crippen MR) is 60.4 cm³/mol. The molecule has 1 N–H and O–H groups in total. The molecule has 1 rings (SSSR count). The molecule has 1 saturated heterocycles. The third-order valence-corrected chi connectivity index (χ3v) is 2.79. The van der Waals surface area contributed by atoms with Crippen molar-refractivity contribution >= 4 is 22.8 Å². The minimum absolute atomic E-state index is 0.0405. The van der Waals surface area contributed by atoms with Crippen LogP contribution in [-0.2, 0) is 4.79 Å². The predicted octanol–water partition coefficient (Wildman–Crippen LogP) is 0.398. The average molecular weight is 226 g/mol. The van der Waals surface area contributed by atoms with Gasteiger partial charge in [0.1, 0.15) is 6.54 Å². The van der Waals surface area contributed by atoms with E-state index in [9.17, 15) is 4.79 Å². The van der Waals surface area contributed by atoms with Gasteiger partial charge in [-0.1, -0.05) is 11.8 Å². The van der Waals surface area contributed by atoms with E-state index in [1.807, 2.05) is 11.2 Å². The highest BCUT2D eigenvalue weighted by Gasteiger charge is 2.17. The molecule has 1 fully saturated rings. The van der Waals surface area contributed by atoms with Crippen LogP contribution in [0.2, 0.25) is 0 Å². The summed E-state index contributed by atoms with van der Waals surface area (Å²) >= 11 is 1.32. The number of amidine groups is 1. The van der Waals surface area contributed by atoms with Crippen LogP contribution in [0.3, 0.4) is 0 Å². The number of aliphatic imine (C=N–C) groups is 1. The van der Waals surface area contributed by atoms with Gasteiger partial charge >= 0.3 is 0 Å². The maximum absolute atomic E-state index is 11.6. The van der Waals surface area contributed by atoms with E-state index in [0.29, 0.717) is 5.17 Å². The second-order valence-electron chi connectivity index (χ2n) is 3.15. The standard InChI is InChI=1S/C9H14N4OS/c1-15-9(12-7-10)11-6-8(14)13-4-2-3-5-13/h2-6H2,1H3,(H,11,12). The fraction of sp³-hybridized carbons (Fsp3) is 0.667. The summed E-state index contributed by atoms with van der Waals surface area (Å²) < 4.78 is 0. The lowest BCUT2D eigenvalue weighted by Gasteiger charge is -2.13. The molecule has 0 bridgehead atoms. The van der Waals surface area contributed by atoms with E-state index in [0.717, 1.165) is 25.9 Å². The Bertz CT molecular complexity index is 291. The number of rotatable bonds is 2. The van der Waals surface area contributed by atoms with Gasteiger partial charge in [-0.3, -0.25) is 15.1 Å². The maximum Gasteiger partial charge on any atom is 0.244 e. The molecule has 1 aliphatic rings. The highest BCUT2D eigenvalue weighted by Crippen LogP contribution is 2.07. The lowest BCUT2D eigenvalue weighted by atomic mass is 10.4. The van der Waals surface area contributed by atoms with E-state index in [2.05, 4.69) is 10.3 Å². The number of nitrogens with one attached hydrogen (secondary N) is 1. The Morgan fingerprint density at radius 1 is 1.60 bits per heavy atom. The van der Waals surface area contributed by atoms with Crippen molar-refractivity contribution in [2.24, 2.45) is 4.99 Å². The molecule has 0 atom stereocenters. The Hall–Kier alpha value is -1.22. The molecule has 0 aliphatic carbocycles. The van der Waals surface area contributed by atoms with Gasteiger partial charge in [0.25, 0.3) is 0 Å². The van der Waals surface area contributed by atoms with Gasteiger partial charge < -0.3 is 4.90 Å². The molecule has 0 spiro atoms. The maximum atomic E-state index is 11.6. The molecule has 5 nitrogen and oxygen atoms in total. The summed E-state index contributed by atoms with van der Waals surface area (Å²) in [7, 11) is 0. The minimum Gasteiger partial charge on any atom is -0.341 e. The highest BCUT2D eigenvalue weighted by molar-refractivity contribution is 8.13. The van der Waals surface area contributed by atoms with E-state index < -0.39 is 0 Å². The second-order valence-corrected chi connectivity index (χ2v) is 3.95. The second kappa shape index (κ2) is 6.30. The zero-order chi connectivity index (χ0) is 11.1. The van der Waals surface area contributed by atoms with E-state index in [1.54, 1.807) is 6.19 Å². The van der Waals surface area contributed by atoms with Gasteiger partial charge in [-0.25, -0.2) is 0 Å². The van der Waals surface area contributed by atoms with Crippen molar-refractivity contribution in [2.45, 2.75) is 12.8 Å². The number of nitrogens with zero attached hydrogens (tertiary/aromatic N) is 3. The number of nitriles is 1. The number of likely N-dealkylation sites (tertiary alicyclic amines) is 1. The first-order chi connectivity index (χ1) is 7.27. The van der Waals surface area contributed by atoms with Crippen LogP contribution in [0.25, 0.3) is 0 Å². The van der Waals surface area contributed by atoms with Crippen molar-refractivity contribution in [1.29, 1.82) is 5.26 Å². The van der Waals surface area contributed by atoms with Crippen LogP contribution in [0.1, 0.15) is 12.8 Å². The number of amides is 1. The van der Waals surface area contributed by atoms with Crippen LogP contribution in [-0.4, -0.2) is 41.9 Å². The smallest absolute Gasteiger partial charge is 0.244 e. The summed E-state index contributed by atoms with van der Waals surface area (Å²) in [6, 6.07) is 0. The van der Waals surface area contributed by atoms with Crippen LogP contribution >= 0.6 is 11.8 Å². The molecule has 1 aliphatic heterocycles. The SMILES string of the molecule is CSC(=NCC(=O)N1CCCC1)NC#N. The van der Waals surface area contributed by atoms with E-state index >= 15 is 0 Å². The van der Waals surface area contributed by atoms with Gasteiger partial charge in [-0.05, 0) is 19.1 Å². The number of carbonyl (C=O) groups excluding carboxylic acids is 1.